The number of aryl methyl sites for hydroxylation is 1. The summed E-state index contributed by atoms with van der Waals surface area (Å²) in [5.41, 5.74) is 2.05. The first kappa shape index (κ1) is 16.0. The van der Waals surface area contributed by atoms with E-state index < -0.39 is 0 Å². The number of hydrogen-bond donors (Lipinski definition) is 1. The van der Waals surface area contributed by atoms with Crippen molar-refractivity contribution < 1.29 is 0 Å². The molecule has 6 heteroatoms. The second-order valence-corrected chi connectivity index (χ2v) is 6.41. The first-order chi connectivity index (χ1) is 11.2. The highest BCUT2D eigenvalue weighted by Gasteiger charge is 2.23. The minimum atomic E-state index is 0.512. The van der Waals surface area contributed by atoms with E-state index in [1.165, 1.54) is 19.3 Å². The van der Waals surface area contributed by atoms with Crippen LogP contribution < -0.4 is 10.2 Å². The SMILES string of the molecule is CCC1CCCCN1c1nncc(Nc2ccc(Cl)cc2C)n1. The van der Waals surface area contributed by atoms with E-state index in [2.05, 4.69) is 32.3 Å². The molecule has 0 spiro atoms. The maximum Gasteiger partial charge on any atom is 0.247 e. The van der Waals surface area contributed by atoms with Crippen molar-refractivity contribution >= 4 is 29.1 Å². The number of nitrogens with one attached hydrogen (secondary N) is 1. The van der Waals surface area contributed by atoms with Gasteiger partial charge in [-0.25, -0.2) is 0 Å². The van der Waals surface area contributed by atoms with Crippen molar-refractivity contribution in [1.82, 2.24) is 15.2 Å². The van der Waals surface area contributed by atoms with Crippen LogP contribution in [0.5, 0.6) is 0 Å². The van der Waals surface area contributed by atoms with Gasteiger partial charge in [0.25, 0.3) is 0 Å². The molecular formula is C17H22ClN5. The largest absolute Gasteiger partial charge is 0.339 e. The van der Waals surface area contributed by atoms with Crippen LogP contribution in [-0.2, 0) is 0 Å². The highest BCUT2D eigenvalue weighted by molar-refractivity contribution is 6.30. The molecule has 2 aromatic rings. The van der Waals surface area contributed by atoms with Crippen LogP contribution >= 0.6 is 11.6 Å². The van der Waals surface area contributed by atoms with Crippen molar-refractivity contribution in [2.75, 3.05) is 16.8 Å². The van der Waals surface area contributed by atoms with Gasteiger partial charge in [0.1, 0.15) is 0 Å². The van der Waals surface area contributed by atoms with Crippen molar-refractivity contribution in [3.8, 4) is 0 Å². The van der Waals surface area contributed by atoms with Gasteiger partial charge in [0.05, 0.1) is 6.20 Å². The van der Waals surface area contributed by atoms with E-state index in [1.54, 1.807) is 6.20 Å². The molecule has 0 saturated carbocycles. The first-order valence-corrected chi connectivity index (χ1v) is 8.54. The van der Waals surface area contributed by atoms with Crippen LogP contribution in [0.15, 0.2) is 24.4 Å². The van der Waals surface area contributed by atoms with Gasteiger partial charge >= 0.3 is 0 Å². The van der Waals surface area contributed by atoms with E-state index in [0.717, 1.165) is 29.2 Å². The molecule has 0 radical (unpaired) electrons. The summed E-state index contributed by atoms with van der Waals surface area (Å²) in [5, 5.41) is 12.4. The molecule has 1 atom stereocenters. The zero-order chi connectivity index (χ0) is 16.2. The average molecular weight is 332 g/mol. The summed E-state index contributed by atoms with van der Waals surface area (Å²) in [7, 11) is 0. The van der Waals surface area contributed by atoms with E-state index in [4.69, 9.17) is 11.6 Å². The molecule has 3 rings (SSSR count). The summed E-state index contributed by atoms with van der Waals surface area (Å²) in [6.45, 7) is 5.24. The fraction of sp³-hybridized carbons (Fsp3) is 0.471. The normalized spacial score (nSPS) is 18.0. The van der Waals surface area contributed by atoms with Crippen LogP contribution in [0.1, 0.15) is 38.2 Å². The Morgan fingerprint density at radius 1 is 1.35 bits per heavy atom. The molecule has 0 aliphatic carbocycles. The van der Waals surface area contributed by atoms with Crippen LogP contribution in [0, 0.1) is 6.92 Å². The molecule has 1 aromatic carbocycles. The Balaban J connectivity index is 1.82. The highest BCUT2D eigenvalue weighted by Crippen LogP contribution is 2.26. The van der Waals surface area contributed by atoms with Crippen LogP contribution in [0.4, 0.5) is 17.5 Å². The Morgan fingerprint density at radius 2 is 2.22 bits per heavy atom. The minimum absolute atomic E-state index is 0.512. The van der Waals surface area contributed by atoms with Crippen LogP contribution in [0.3, 0.4) is 0 Å². The topological polar surface area (TPSA) is 53.9 Å². The fourth-order valence-electron chi connectivity index (χ4n) is 3.07. The summed E-state index contributed by atoms with van der Waals surface area (Å²) in [6.07, 6.45) is 6.44. The molecule has 1 saturated heterocycles. The van der Waals surface area contributed by atoms with Crippen molar-refractivity contribution in [2.45, 2.75) is 45.6 Å². The van der Waals surface area contributed by atoms with E-state index in [9.17, 15) is 0 Å². The quantitative estimate of drug-likeness (QED) is 0.902. The number of nitrogens with zero attached hydrogens (tertiary/aromatic N) is 4. The van der Waals surface area contributed by atoms with E-state index >= 15 is 0 Å². The molecular weight excluding hydrogens is 310 g/mol. The van der Waals surface area contributed by atoms with Gasteiger partial charge in [0.2, 0.25) is 5.95 Å². The standard InChI is InChI=1S/C17H22ClN5/c1-3-14-6-4-5-9-23(14)17-21-16(11-19-22-17)20-15-8-7-13(18)10-12(15)2/h7-8,10-11,14H,3-6,9H2,1-2H3,(H,20,21,22). The van der Waals surface area contributed by atoms with E-state index in [1.807, 2.05) is 25.1 Å². The Kier molecular flexibility index (Phi) is 4.96. The summed E-state index contributed by atoms with van der Waals surface area (Å²) >= 11 is 6.01. The summed E-state index contributed by atoms with van der Waals surface area (Å²) in [4.78, 5) is 6.95. The lowest BCUT2D eigenvalue weighted by Gasteiger charge is -2.34. The molecule has 1 aromatic heterocycles. The summed E-state index contributed by atoms with van der Waals surface area (Å²) in [5.74, 6) is 1.43. The van der Waals surface area contributed by atoms with Gasteiger partial charge in [-0.2, -0.15) is 10.1 Å². The first-order valence-electron chi connectivity index (χ1n) is 8.17. The zero-order valence-corrected chi connectivity index (χ0v) is 14.3. The molecule has 1 N–H and O–H groups in total. The summed E-state index contributed by atoms with van der Waals surface area (Å²) in [6, 6.07) is 6.26. The average Bonchev–Trinajstić information content (AvgIpc) is 2.58. The Bertz CT molecular complexity index is 676. The van der Waals surface area contributed by atoms with Gasteiger partial charge in [0.15, 0.2) is 5.82 Å². The molecule has 1 aliphatic heterocycles. The number of aromatic nitrogens is 3. The van der Waals surface area contributed by atoms with Crippen molar-refractivity contribution in [3.63, 3.8) is 0 Å². The third-order valence-electron chi connectivity index (χ3n) is 4.35. The number of benzene rings is 1. The van der Waals surface area contributed by atoms with Gasteiger partial charge < -0.3 is 10.2 Å². The van der Waals surface area contributed by atoms with Crippen LogP contribution in [0.2, 0.25) is 5.02 Å². The number of anilines is 3. The van der Waals surface area contributed by atoms with Crippen molar-refractivity contribution in [1.29, 1.82) is 0 Å². The molecule has 1 unspecified atom stereocenters. The van der Waals surface area contributed by atoms with E-state index in [0.29, 0.717) is 17.8 Å². The van der Waals surface area contributed by atoms with Crippen molar-refractivity contribution in [3.05, 3.63) is 35.0 Å². The molecule has 5 nitrogen and oxygen atoms in total. The fourth-order valence-corrected chi connectivity index (χ4v) is 3.30. The molecule has 2 heterocycles. The highest BCUT2D eigenvalue weighted by atomic mass is 35.5. The molecule has 1 aliphatic rings. The third kappa shape index (κ3) is 3.72. The predicted molar refractivity (Wildman–Crippen MR) is 94.6 cm³/mol. The Morgan fingerprint density at radius 3 is 3.00 bits per heavy atom. The molecule has 1 fully saturated rings. The number of piperidine rings is 1. The Labute approximate surface area is 142 Å². The lowest BCUT2D eigenvalue weighted by atomic mass is 10.0. The maximum atomic E-state index is 6.01. The second kappa shape index (κ2) is 7.13. The lowest BCUT2D eigenvalue weighted by molar-refractivity contribution is 0.442. The smallest absolute Gasteiger partial charge is 0.247 e. The molecule has 0 amide bonds. The van der Waals surface area contributed by atoms with Crippen LogP contribution in [-0.4, -0.2) is 27.8 Å². The predicted octanol–water partition coefficient (Wildman–Crippen LogP) is 4.35. The lowest BCUT2D eigenvalue weighted by Crippen LogP contribution is -2.40. The second-order valence-electron chi connectivity index (χ2n) is 5.98. The molecule has 23 heavy (non-hydrogen) atoms. The molecule has 122 valence electrons. The number of rotatable bonds is 4. The third-order valence-corrected chi connectivity index (χ3v) is 4.59. The van der Waals surface area contributed by atoms with Gasteiger partial charge in [-0.05, 0) is 56.4 Å². The molecule has 0 bridgehead atoms. The summed E-state index contributed by atoms with van der Waals surface area (Å²) < 4.78 is 0. The van der Waals surface area contributed by atoms with Crippen molar-refractivity contribution in [2.24, 2.45) is 0 Å². The maximum absolute atomic E-state index is 6.01. The van der Waals surface area contributed by atoms with Gasteiger partial charge in [-0.15, -0.1) is 5.10 Å². The Hall–Kier alpha value is -1.88. The van der Waals surface area contributed by atoms with Gasteiger partial charge in [0, 0.05) is 23.3 Å². The zero-order valence-electron chi connectivity index (χ0n) is 13.6. The van der Waals surface area contributed by atoms with Gasteiger partial charge in [-0.3, -0.25) is 0 Å². The van der Waals surface area contributed by atoms with Crippen LogP contribution in [0.25, 0.3) is 0 Å². The monoisotopic (exact) mass is 331 g/mol. The number of hydrogen-bond acceptors (Lipinski definition) is 5. The van der Waals surface area contributed by atoms with E-state index in [-0.39, 0.29) is 0 Å². The minimum Gasteiger partial charge on any atom is -0.339 e. The number of halogens is 1. The van der Waals surface area contributed by atoms with Gasteiger partial charge in [-0.1, -0.05) is 18.5 Å².